The third-order valence-corrected chi connectivity index (χ3v) is 4.07. The van der Waals surface area contributed by atoms with Gasteiger partial charge in [0.2, 0.25) is 0 Å². The van der Waals surface area contributed by atoms with E-state index in [9.17, 15) is 0 Å². The third-order valence-electron chi connectivity index (χ3n) is 4.07. The lowest BCUT2D eigenvalue weighted by atomic mass is 10.0. The zero-order valence-corrected chi connectivity index (χ0v) is 11.8. The summed E-state index contributed by atoms with van der Waals surface area (Å²) in [5.74, 6) is 0. The first-order chi connectivity index (χ1) is 8.61. The summed E-state index contributed by atoms with van der Waals surface area (Å²) >= 11 is 0. The van der Waals surface area contributed by atoms with E-state index in [2.05, 4.69) is 43.0 Å². The van der Waals surface area contributed by atoms with Crippen molar-refractivity contribution >= 4 is 11.4 Å². The fourth-order valence-corrected chi connectivity index (χ4v) is 2.74. The van der Waals surface area contributed by atoms with Crippen LogP contribution in [0.4, 0.5) is 11.4 Å². The minimum Gasteiger partial charge on any atom is -0.399 e. The molecule has 1 aliphatic rings. The van der Waals surface area contributed by atoms with Crippen molar-refractivity contribution in [3.63, 3.8) is 0 Å². The molecule has 0 radical (unpaired) electrons. The van der Waals surface area contributed by atoms with Crippen molar-refractivity contribution in [3.05, 3.63) is 23.8 Å². The summed E-state index contributed by atoms with van der Waals surface area (Å²) in [6, 6.07) is 7.20. The van der Waals surface area contributed by atoms with Crippen LogP contribution in [0.5, 0.6) is 0 Å². The van der Waals surface area contributed by atoms with Gasteiger partial charge in [0.15, 0.2) is 0 Å². The van der Waals surface area contributed by atoms with Crippen molar-refractivity contribution in [3.8, 4) is 0 Å². The molecular formula is C15H25N3. The van der Waals surface area contributed by atoms with Crippen LogP contribution in [0.15, 0.2) is 18.2 Å². The van der Waals surface area contributed by atoms with Crippen LogP contribution < -0.4 is 10.6 Å². The fourth-order valence-electron chi connectivity index (χ4n) is 2.74. The zero-order valence-electron chi connectivity index (χ0n) is 11.8. The van der Waals surface area contributed by atoms with Gasteiger partial charge in [-0.25, -0.2) is 0 Å². The average Bonchev–Trinajstić information content (AvgIpc) is 2.39. The zero-order chi connectivity index (χ0) is 13.1. The number of anilines is 2. The lowest BCUT2D eigenvalue weighted by molar-refractivity contribution is 0.249. The highest BCUT2D eigenvalue weighted by atomic mass is 15.2. The number of nitrogens with two attached hydrogens (primary N) is 1. The van der Waals surface area contributed by atoms with Crippen LogP contribution in [-0.2, 0) is 6.42 Å². The van der Waals surface area contributed by atoms with Crippen molar-refractivity contribution in [1.29, 1.82) is 0 Å². The van der Waals surface area contributed by atoms with E-state index in [-0.39, 0.29) is 0 Å². The molecule has 1 aliphatic heterocycles. The Bertz CT molecular complexity index is 393. The van der Waals surface area contributed by atoms with Crippen LogP contribution in [0.1, 0.15) is 25.3 Å². The van der Waals surface area contributed by atoms with Crippen molar-refractivity contribution in [2.45, 2.75) is 32.2 Å². The highest BCUT2D eigenvalue weighted by molar-refractivity contribution is 5.58. The molecule has 1 aromatic rings. The summed E-state index contributed by atoms with van der Waals surface area (Å²) in [6.07, 6.45) is 3.51. The number of piperidine rings is 1. The van der Waals surface area contributed by atoms with E-state index in [0.29, 0.717) is 0 Å². The van der Waals surface area contributed by atoms with Gasteiger partial charge in [-0.1, -0.05) is 6.92 Å². The van der Waals surface area contributed by atoms with E-state index in [4.69, 9.17) is 5.73 Å². The Kier molecular flexibility index (Phi) is 4.12. The quantitative estimate of drug-likeness (QED) is 0.832. The molecule has 2 N–H and O–H groups in total. The predicted octanol–water partition coefficient (Wildman–Crippen LogP) is 2.36. The molecule has 0 unspecified atom stereocenters. The second-order valence-corrected chi connectivity index (χ2v) is 5.42. The summed E-state index contributed by atoms with van der Waals surface area (Å²) < 4.78 is 0. The number of nitrogens with zero attached hydrogens (tertiary/aromatic N) is 2. The van der Waals surface area contributed by atoms with E-state index in [1.54, 1.807) is 0 Å². The molecule has 0 atom stereocenters. The first-order valence-corrected chi connectivity index (χ1v) is 6.91. The lowest BCUT2D eigenvalue weighted by Gasteiger charge is -2.36. The van der Waals surface area contributed by atoms with E-state index < -0.39 is 0 Å². The van der Waals surface area contributed by atoms with Crippen LogP contribution in [0.25, 0.3) is 0 Å². The average molecular weight is 247 g/mol. The van der Waals surface area contributed by atoms with Gasteiger partial charge in [0, 0.05) is 30.5 Å². The second kappa shape index (κ2) is 5.61. The topological polar surface area (TPSA) is 32.5 Å². The summed E-state index contributed by atoms with van der Waals surface area (Å²) in [5.41, 5.74) is 9.48. The van der Waals surface area contributed by atoms with Crippen LogP contribution in [0.3, 0.4) is 0 Å². The number of hydrogen-bond acceptors (Lipinski definition) is 3. The molecule has 2 rings (SSSR count). The molecule has 18 heavy (non-hydrogen) atoms. The molecule has 0 saturated carbocycles. The van der Waals surface area contributed by atoms with Crippen molar-refractivity contribution in [2.75, 3.05) is 37.8 Å². The van der Waals surface area contributed by atoms with Crippen molar-refractivity contribution in [1.82, 2.24) is 4.90 Å². The van der Waals surface area contributed by atoms with Gasteiger partial charge in [-0.2, -0.15) is 0 Å². The molecule has 1 heterocycles. The molecule has 0 bridgehead atoms. The lowest BCUT2D eigenvalue weighted by Crippen LogP contribution is -2.42. The Morgan fingerprint density at radius 1 is 1.28 bits per heavy atom. The number of hydrogen-bond donors (Lipinski definition) is 1. The standard InChI is InChI=1S/C15H25N3/c1-4-12-11-14(5-6-15(12)16)18-9-7-13(8-10-18)17(2)3/h5-6,11,13H,4,7-10,16H2,1-3H3. The van der Waals surface area contributed by atoms with E-state index >= 15 is 0 Å². The predicted molar refractivity (Wildman–Crippen MR) is 79.2 cm³/mol. The summed E-state index contributed by atoms with van der Waals surface area (Å²) in [5, 5.41) is 0. The van der Waals surface area contributed by atoms with Gasteiger partial charge >= 0.3 is 0 Å². The van der Waals surface area contributed by atoms with Crippen LogP contribution in [0.2, 0.25) is 0 Å². The summed E-state index contributed by atoms with van der Waals surface area (Å²) in [7, 11) is 4.36. The maximum atomic E-state index is 5.97. The van der Waals surface area contributed by atoms with Crippen molar-refractivity contribution in [2.24, 2.45) is 0 Å². The van der Waals surface area contributed by atoms with E-state index in [1.165, 1.54) is 24.1 Å². The second-order valence-electron chi connectivity index (χ2n) is 5.42. The van der Waals surface area contributed by atoms with Gasteiger partial charge in [0.25, 0.3) is 0 Å². The largest absolute Gasteiger partial charge is 0.399 e. The maximum Gasteiger partial charge on any atom is 0.0370 e. The first-order valence-electron chi connectivity index (χ1n) is 6.91. The van der Waals surface area contributed by atoms with Gasteiger partial charge in [0.05, 0.1) is 0 Å². The molecule has 0 aliphatic carbocycles. The fraction of sp³-hybridized carbons (Fsp3) is 0.600. The Morgan fingerprint density at radius 2 is 1.94 bits per heavy atom. The van der Waals surface area contributed by atoms with Crippen LogP contribution in [-0.4, -0.2) is 38.1 Å². The first kappa shape index (κ1) is 13.2. The van der Waals surface area contributed by atoms with E-state index in [0.717, 1.165) is 31.2 Å². The Labute approximate surface area is 111 Å². The Morgan fingerprint density at radius 3 is 2.50 bits per heavy atom. The molecule has 3 heteroatoms. The number of rotatable bonds is 3. The van der Waals surface area contributed by atoms with Gasteiger partial charge in [-0.05, 0) is 57.1 Å². The molecule has 100 valence electrons. The van der Waals surface area contributed by atoms with Gasteiger partial charge in [-0.15, -0.1) is 0 Å². The molecule has 1 aromatic carbocycles. The smallest absolute Gasteiger partial charge is 0.0370 e. The van der Waals surface area contributed by atoms with Gasteiger partial charge < -0.3 is 15.5 Å². The molecule has 3 nitrogen and oxygen atoms in total. The molecule has 0 amide bonds. The molecular weight excluding hydrogens is 222 g/mol. The van der Waals surface area contributed by atoms with Gasteiger partial charge in [0.1, 0.15) is 0 Å². The van der Waals surface area contributed by atoms with Crippen LogP contribution >= 0.6 is 0 Å². The molecule has 1 saturated heterocycles. The van der Waals surface area contributed by atoms with Crippen molar-refractivity contribution < 1.29 is 0 Å². The Hall–Kier alpha value is -1.22. The van der Waals surface area contributed by atoms with Crippen LogP contribution in [0, 0.1) is 0 Å². The monoisotopic (exact) mass is 247 g/mol. The highest BCUT2D eigenvalue weighted by Crippen LogP contribution is 2.25. The number of aryl methyl sites for hydroxylation is 1. The highest BCUT2D eigenvalue weighted by Gasteiger charge is 2.20. The molecule has 0 spiro atoms. The minimum atomic E-state index is 0.737. The summed E-state index contributed by atoms with van der Waals surface area (Å²) in [6.45, 7) is 4.46. The minimum absolute atomic E-state index is 0.737. The SMILES string of the molecule is CCc1cc(N2CCC(N(C)C)CC2)ccc1N. The number of benzene rings is 1. The maximum absolute atomic E-state index is 5.97. The van der Waals surface area contributed by atoms with Gasteiger partial charge in [-0.3, -0.25) is 0 Å². The molecule has 0 aromatic heterocycles. The third kappa shape index (κ3) is 2.78. The Balaban J connectivity index is 2.05. The number of nitrogen functional groups attached to an aromatic ring is 1. The summed E-state index contributed by atoms with van der Waals surface area (Å²) in [4.78, 5) is 4.83. The normalized spacial score (nSPS) is 17.4. The van der Waals surface area contributed by atoms with E-state index in [1.807, 2.05) is 6.07 Å². The molecule has 1 fully saturated rings.